The minimum Gasteiger partial charge on any atom is -0.460 e. The Kier molecular flexibility index (Phi) is 24.6. The van der Waals surface area contributed by atoms with Crippen molar-refractivity contribution in [2.75, 3.05) is 34.5 Å². The van der Waals surface area contributed by atoms with Crippen LogP contribution >= 0.6 is 7.60 Å². The summed E-state index contributed by atoms with van der Waals surface area (Å²) in [5.74, 6) is -8.24. The van der Waals surface area contributed by atoms with Crippen molar-refractivity contribution in [3.63, 3.8) is 0 Å². The van der Waals surface area contributed by atoms with E-state index in [1.807, 2.05) is 71.9 Å². The number of aliphatic hydroxyl groups is 2. The molecule has 2 saturated heterocycles. The quantitative estimate of drug-likeness (QED) is 0.112. The van der Waals surface area contributed by atoms with Crippen LogP contribution in [0.25, 0.3) is 0 Å². The smallest absolute Gasteiger partial charge is 0.329 e. The molecule has 1 aliphatic carbocycles. The average molecular weight is 1050 g/mol. The summed E-state index contributed by atoms with van der Waals surface area (Å²) in [4.78, 5) is 72.5. The van der Waals surface area contributed by atoms with Gasteiger partial charge < -0.3 is 47.8 Å². The van der Waals surface area contributed by atoms with Crippen molar-refractivity contribution in [3.05, 3.63) is 47.6 Å². The maximum absolute atomic E-state index is 14.6. The van der Waals surface area contributed by atoms with E-state index in [2.05, 4.69) is 0 Å². The molecular weight excluding hydrogens is 958 g/mol. The van der Waals surface area contributed by atoms with E-state index in [-0.39, 0.29) is 48.9 Å². The van der Waals surface area contributed by atoms with Gasteiger partial charge in [-0.15, -0.1) is 0 Å². The van der Waals surface area contributed by atoms with Gasteiger partial charge in [0.2, 0.25) is 5.79 Å². The van der Waals surface area contributed by atoms with Gasteiger partial charge in [-0.2, -0.15) is 0 Å². The van der Waals surface area contributed by atoms with Crippen LogP contribution in [0.1, 0.15) is 146 Å². The Hall–Kier alpha value is -3.18. The molecule has 1 saturated carbocycles. The molecule has 0 radical (unpaired) electrons. The predicted molar refractivity (Wildman–Crippen MR) is 278 cm³/mol. The number of esters is 1. The number of nitrogens with zero attached hydrogens (tertiary/aromatic N) is 1. The summed E-state index contributed by atoms with van der Waals surface area (Å²) < 4.78 is 55.0. The molecule has 4 aliphatic rings. The summed E-state index contributed by atoms with van der Waals surface area (Å²) in [6.45, 7) is 18.0. The molecule has 5 unspecified atom stereocenters. The van der Waals surface area contributed by atoms with Gasteiger partial charge in [-0.05, 0) is 120 Å². The van der Waals surface area contributed by atoms with Gasteiger partial charge in [0.1, 0.15) is 18.2 Å². The van der Waals surface area contributed by atoms with Crippen LogP contribution in [0.15, 0.2) is 47.6 Å². The number of ether oxygens (including phenoxy) is 5. The average Bonchev–Trinajstić information content (AvgIpc) is 3.35. The SMILES string of the molecule is CCC(C)OP(C)(=O)O[C@@H]1CC[C@@H](C[C@@H](C)[C@@H]2CC(=O)C(C)=CC(C)[C@@H](O)[C@@H](OC)C(=O)[C@H](C)C[C@H](C)C=CC=CC=C(C)[C@@H](OC)CC3CC[C@@H](C)[C@@](O)(O3)C(=O)C(=O)N3CCCCC3C(=O)O2)C[C@H]1OC. The number of rotatable bonds is 11. The number of carbonyl (C=O) groups excluding carboxylic acids is 5. The molecule has 2 N–H and O–H groups in total. The third kappa shape index (κ3) is 17.4. The molecular formula is C56H90NO15P. The number of piperidine rings is 1. The second kappa shape index (κ2) is 28.8. The van der Waals surface area contributed by atoms with E-state index in [4.69, 9.17) is 32.7 Å². The van der Waals surface area contributed by atoms with E-state index >= 15 is 0 Å². The standard InChI is InChI=1S/C56H90NO15P/c1-14-41(9)71-73(13,65)72-46-26-24-42(31-49(46)67-11)30-37(5)48-33-45(58)36(4)29-39(7)51(60)52(68-12)50(59)38(6)28-34(2)20-16-15-17-21-35(3)47(66-10)32-43-25-23-40(8)56(64,70-43)53(61)54(62)57-27-19-18-22-44(57)55(63)69-48/h15-17,20-21,29,34,37-44,46-49,51-52,60,64H,14,18-19,22-28,30-33H2,1-13H3/t34-,37-,38-,39?,40-,41?,42+,43?,44?,46-,47+,48+,49-,51-,52+,56-,73?/m1/s1. The largest absolute Gasteiger partial charge is 0.460 e. The zero-order valence-corrected chi connectivity index (χ0v) is 47.0. The Bertz CT molecular complexity index is 2040. The molecule has 0 aromatic heterocycles. The fraction of sp³-hybridized carbons (Fsp3) is 0.768. The number of ketones is 3. The van der Waals surface area contributed by atoms with Gasteiger partial charge in [0, 0.05) is 65.1 Å². The fourth-order valence-electron chi connectivity index (χ4n) is 10.9. The van der Waals surface area contributed by atoms with Gasteiger partial charge in [-0.25, -0.2) is 4.79 Å². The summed E-state index contributed by atoms with van der Waals surface area (Å²) in [6, 6.07) is -1.17. The number of allylic oxidation sites excluding steroid dienone is 6. The van der Waals surface area contributed by atoms with E-state index in [0.29, 0.717) is 76.2 Å². The highest BCUT2D eigenvalue weighted by Gasteiger charge is 2.53. The van der Waals surface area contributed by atoms with Crippen LogP contribution in [0.5, 0.6) is 0 Å². The molecule has 0 spiro atoms. The first-order valence-corrected chi connectivity index (χ1v) is 28.8. The van der Waals surface area contributed by atoms with E-state index in [1.165, 1.54) is 18.7 Å². The molecule has 0 aromatic rings. The summed E-state index contributed by atoms with van der Waals surface area (Å²) in [7, 11) is 1.15. The van der Waals surface area contributed by atoms with Gasteiger partial charge in [-0.3, -0.25) is 23.7 Å². The van der Waals surface area contributed by atoms with Gasteiger partial charge >= 0.3 is 13.6 Å². The van der Waals surface area contributed by atoms with Crippen molar-refractivity contribution in [3.8, 4) is 0 Å². The third-order valence-electron chi connectivity index (χ3n) is 15.7. The third-order valence-corrected chi connectivity index (χ3v) is 17.1. The van der Waals surface area contributed by atoms with Gasteiger partial charge in [0.05, 0.1) is 36.6 Å². The van der Waals surface area contributed by atoms with E-state index in [0.717, 1.165) is 5.57 Å². The first-order chi connectivity index (χ1) is 34.4. The molecule has 16 nitrogen and oxygen atoms in total. The van der Waals surface area contributed by atoms with E-state index in [1.54, 1.807) is 41.1 Å². The van der Waals surface area contributed by atoms with Crippen LogP contribution in [0.2, 0.25) is 0 Å². The Labute approximate surface area is 435 Å². The van der Waals surface area contributed by atoms with Crippen LogP contribution in [-0.2, 0) is 61.3 Å². The second-order valence-corrected chi connectivity index (χ2v) is 23.7. The van der Waals surface area contributed by atoms with Gasteiger partial charge in [0.25, 0.3) is 11.7 Å². The number of hydrogen-bond donors (Lipinski definition) is 2. The number of hydrogen-bond acceptors (Lipinski definition) is 15. The zero-order valence-electron chi connectivity index (χ0n) is 46.1. The molecule has 17 heteroatoms. The van der Waals surface area contributed by atoms with Crippen LogP contribution in [0.4, 0.5) is 0 Å². The van der Waals surface area contributed by atoms with Gasteiger partial charge in [-0.1, -0.05) is 78.0 Å². The molecule has 0 aromatic carbocycles. The molecule has 73 heavy (non-hydrogen) atoms. The maximum Gasteiger partial charge on any atom is 0.329 e. The lowest BCUT2D eigenvalue weighted by Crippen LogP contribution is -2.61. The van der Waals surface area contributed by atoms with Crippen molar-refractivity contribution < 1.29 is 71.5 Å². The van der Waals surface area contributed by atoms with E-state index < -0.39 is 103 Å². The maximum atomic E-state index is 14.6. The first kappa shape index (κ1) is 62.4. The normalized spacial score (nSPS) is 36.3. The number of fused-ring (bicyclic) bond motifs is 3. The zero-order chi connectivity index (χ0) is 54.4. The monoisotopic (exact) mass is 1050 g/mol. The molecule has 414 valence electrons. The summed E-state index contributed by atoms with van der Waals surface area (Å²) in [6.07, 6.45) is 11.3. The Morgan fingerprint density at radius 2 is 1.59 bits per heavy atom. The van der Waals surface area contributed by atoms with Crippen LogP contribution in [-0.4, -0.2) is 140 Å². The fourth-order valence-corrected chi connectivity index (χ4v) is 12.5. The lowest BCUT2D eigenvalue weighted by atomic mass is 9.78. The second-order valence-electron chi connectivity index (χ2n) is 21.8. The molecule has 4 rings (SSSR count). The Balaban J connectivity index is 1.69. The highest BCUT2D eigenvalue weighted by Crippen LogP contribution is 2.50. The van der Waals surface area contributed by atoms with Crippen LogP contribution < -0.4 is 0 Å². The number of methoxy groups -OCH3 is 3. The minimum atomic E-state index is -3.39. The van der Waals surface area contributed by atoms with Gasteiger partial charge in [0.15, 0.2) is 11.6 Å². The van der Waals surface area contributed by atoms with Crippen molar-refractivity contribution in [1.82, 2.24) is 4.90 Å². The van der Waals surface area contributed by atoms with Crippen LogP contribution in [0, 0.1) is 35.5 Å². The summed E-state index contributed by atoms with van der Waals surface area (Å²) in [5.41, 5.74) is 1.17. The summed E-state index contributed by atoms with van der Waals surface area (Å²) >= 11 is 0. The molecule has 17 atom stereocenters. The predicted octanol–water partition coefficient (Wildman–Crippen LogP) is 8.84. The topological polar surface area (TPSA) is 211 Å². The Morgan fingerprint density at radius 1 is 0.877 bits per heavy atom. The summed E-state index contributed by atoms with van der Waals surface area (Å²) in [5, 5.41) is 23.6. The van der Waals surface area contributed by atoms with Crippen molar-refractivity contribution >= 4 is 36.8 Å². The minimum absolute atomic E-state index is 0.00824. The molecule has 2 bridgehead atoms. The van der Waals surface area contributed by atoms with Crippen LogP contribution in [0.3, 0.4) is 0 Å². The first-order valence-electron chi connectivity index (χ1n) is 26.8. The van der Waals surface area contributed by atoms with E-state index in [9.17, 15) is 38.8 Å². The number of cyclic esters (lactones) is 1. The number of Topliss-reactive ketones (excluding diaryl/α,β-unsaturated/α-hetero) is 3. The molecule has 3 fully saturated rings. The van der Waals surface area contributed by atoms with Crippen molar-refractivity contribution in [2.45, 2.75) is 206 Å². The lowest BCUT2D eigenvalue weighted by Gasteiger charge is -2.42. The number of aliphatic hydroxyl groups excluding tert-OH is 1. The lowest BCUT2D eigenvalue weighted by molar-refractivity contribution is -0.265. The highest BCUT2D eigenvalue weighted by molar-refractivity contribution is 7.53. The molecule has 3 heterocycles. The molecule has 3 aliphatic heterocycles. The Morgan fingerprint density at radius 3 is 2.25 bits per heavy atom. The molecule has 1 amide bonds. The highest BCUT2D eigenvalue weighted by atomic mass is 31.2. The van der Waals surface area contributed by atoms with Crippen molar-refractivity contribution in [2.24, 2.45) is 35.5 Å². The number of amides is 1. The van der Waals surface area contributed by atoms with Crippen molar-refractivity contribution in [1.29, 1.82) is 0 Å². The number of carbonyl (C=O) groups is 5.